The number of hydrogen-bond donors (Lipinski definition) is 2. The van der Waals surface area contributed by atoms with Gasteiger partial charge in [-0.2, -0.15) is 0 Å². The molecule has 4 bridgehead atoms. The van der Waals surface area contributed by atoms with Crippen LogP contribution in [0.5, 0.6) is 0 Å². The molecule has 140 valence electrons. The van der Waals surface area contributed by atoms with Gasteiger partial charge in [-0.3, -0.25) is 0 Å². The molecule has 0 aromatic heterocycles. The smallest absolute Gasteiger partial charge is 0.408 e. The summed E-state index contributed by atoms with van der Waals surface area (Å²) in [7, 11) is 1.75. The highest BCUT2D eigenvalue weighted by molar-refractivity contribution is 5.91. The Morgan fingerprint density at radius 3 is 2.40 bits per heavy atom. The van der Waals surface area contributed by atoms with Crippen molar-refractivity contribution in [3.05, 3.63) is 0 Å². The first-order chi connectivity index (χ1) is 11.6. The molecule has 0 saturated heterocycles. The third-order valence-electron chi connectivity index (χ3n) is 7.21. The first-order valence-corrected chi connectivity index (χ1v) is 9.36. The fourth-order valence-electron chi connectivity index (χ4n) is 6.73. The fraction of sp³-hybridized carbons (Fsp3) is 0.895. The second-order valence-corrected chi connectivity index (χ2v) is 9.83. The number of amides is 1. The normalized spacial score (nSPS) is 47.0. The number of carboxylic acids is 1. The standard InChI is InChI=1S/C19H29NO5/c1-16(2,3)25-15(23)20-19(14(21)22)13-6-11-5-12-8-17(7-11,24-4)10-18(13,19)9-12/h11-13H,5-10H2,1-4H3,(H,20,23)(H,21,22). The third kappa shape index (κ3) is 2.25. The Bertz CT molecular complexity index is 628. The lowest BCUT2D eigenvalue weighted by molar-refractivity contribution is -0.147. The van der Waals surface area contributed by atoms with Gasteiger partial charge in [-0.05, 0) is 71.1 Å². The van der Waals surface area contributed by atoms with Crippen LogP contribution in [0.3, 0.4) is 0 Å². The molecule has 25 heavy (non-hydrogen) atoms. The summed E-state index contributed by atoms with van der Waals surface area (Å²) >= 11 is 0. The van der Waals surface area contributed by atoms with Gasteiger partial charge in [0.25, 0.3) is 0 Å². The topological polar surface area (TPSA) is 84.9 Å². The van der Waals surface area contributed by atoms with Crippen LogP contribution in [-0.4, -0.2) is 41.0 Å². The fourth-order valence-corrected chi connectivity index (χ4v) is 6.73. The van der Waals surface area contributed by atoms with E-state index < -0.39 is 23.2 Å². The Hall–Kier alpha value is -1.30. The van der Waals surface area contributed by atoms with Gasteiger partial charge in [-0.1, -0.05) is 0 Å². The predicted molar refractivity (Wildman–Crippen MR) is 90.1 cm³/mol. The SMILES string of the molecule is COC12CC3CC(C1)CC1(C2)C(C3)C1(NC(=O)OC(C)(C)C)C(=O)O. The summed E-state index contributed by atoms with van der Waals surface area (Å²) in [5, 5.41) is 12.9. The number of carbonyl (C=O) groups is 2. The highest BCUT2D eigenvalue weighted by atomic mass is 16.6. The molecule has 5 saturated carbocycles. The number of carbonyl (C=O) groups excluding carboxylic acids is 1. The maximum Gasteiger partial charge on any atom is 0.408 e. The van der Waals surface area contributed by atoms with Gasteiger partial charge in [0.15, 0.2) is 0 Å². The van der Waals surface area contributed by atoms with E-state index in [-0.39, 0.29) is 16.9 Å². The molecule has 6 heteroatoms. The Kier molecular flexibility index (Phi) is 3.36. The van der Waals surface area contributed by atoms with Crippen LogP contribution < -0.4 is 5.32 Å². The molecule has 5 aliphatic carbocycles. The molecular weight excluding hydrogens is 322 g/mol. The molecule has 5 rings (SSSR count). The molecule has 1 spiro atoms. The number of methoxy groups -OCH3 is 1. The van der Waals surface area contributed by atoms with Gasteiger partial charge >= 0.3 is 12.1 Å². The zero-order valence-electron chi connectivity index (χ0n) is 15.6. The minimum absolute atomic E-state index is 0.0163. The van der Waals surface area contributed by atoms with Gasteiger partial charge in [0.2, 0.25) is 0 Å². The number of nitrogens with one attached hydrogen (secondary N) is 1. The molecule has 0 radical (unpaired) electrons. The van der Waals surface area contributed by atoms with Crippen molar-refractivity contribution < 1.29 is 24.2 Å². The lowest BCUT2D eigenvalue weighted by Gasteiger charge is -2.50. The molecule has 5 fully saturated rings. The predicted octanol–water partition coefficient (Wildman–Crippen LogP) is 2.95. The molecule has 0 aliphatic heterocycles. The van der Waals surface area contributed by atoms with Crippen LogP contribution >= 0.6 is 0 Å². The molecule has 0 aromatic rings. The van der Waals surface area contributed by atoms with Crippen LogP contribution in [0, 0.1) is 23.2 Å². The van der Waals surface area contributed by atoms with Gasteiger partial charge in [-0.25, -0.2) is 9.59 Å². The van der Waals surface area contributed by atoms with Gasteiger partial charge in [0.05, 0.1) is 5.60 Å². The van der Waals surface area contributed by atoms with Crippen molar-refractivity contribution in [1.29, 1.82) is 0 Å². The van der Waals surface area contributed by atoms with Crippen molar-refractivity contribution >= 4 is 12.1 Å². The van der Waals surface area contributed by atoms with E-state index >= 15 is 0 Å². The maximum absolute atomic E-state index is 12.4. The van der Waals surface area contributed by atoms with E-state index in [1.807, 2.05) is 0 Å². The summed E-state index contributed by atoms with van der Waals surface area (Å²) in [5.74, 6) is 0.0581. The summed E-state index contributed by atoms with van der Waals surface area (Å²) in [6, 6.07) is 0. The van der Waals surface area contributed by atoms with Crippen molar-refractivity contribution in [3.8, 4) is 0 Å². The minimum Gasteiger partial charge on any atom is -0.479 e. The Balaban J connectivity index is 1.68. The highest BCUT2D eigenvalue weighted by Gasteiger charge is 2.85. The minimum atomic E-state index is -1.20. The van der Waals surface area contributed by atoms with Crippen LogP contribution in [0.1, 0.15) is 59.3 Å². The van der Waals surface area contributed by atoms with E-state index in [0.717, 1.165) is 32.1 Å². The first kappa shape index (κ1) is 17.1. The van der Waals surface area contributed by atoms with E-state index in [1.165, 1.54) is 6.42 Å². The molecule has 6 atom stereocenters. The second-order valence-electron chi connectivity index (χ2n) is 9.83. The Labute approximate surface area is 148 Å². The summed E-state index contributed by atoms with van der Waals surface area (Å²) in [6.45, 7) is 5.36. The van der Waals surface area contributed by atoms with Crippen molar-refractivity contribution in [2.24, 2.45) is 23.2 Å². The first-order valence-electron chi connectivity index (χ1n) is 9.36. The number of carboxylic acid groups (broad SMARTS) is 1. The van der Waals surface area contributed by atoms with E-state index in [1.54, 1.807) is 27.9 Å². The summed E-state index contributed by atoms with van der Waals surface area (Å²) in [5.41, 5.74) is -2.45. The van der Waals surface area contributed by atoms with Crippen molar-refractivity contribution in [2.75, 3.05) is 7.11 Å². The molecular formula is C19H29NO5. The summed E-state index contributed by atoms with van der Waals surface area (Å²) in [6.07, 6.45) is 5.07. The third-order valence-corrected chi connectivity index (χ3v) is 7.21. The van der Waals surface area contributed by atoms with Gasteiger partial charge in [0.1, 0.15) is 11.1 Å². The molecule has 0 heterocycles. The monoisotopic (exact) mass is 351 g/mol. The lowest BCUT2D eigenvalue weighted by atomic mass is 9.61. The quantitative estimate of drug-likeness (QED) is 0.816. The molecule has 6 nitrogen and oxygen atoms in total. The average molecular weight is 351 g/mol. The number of hydrogen-bond acceptors (Lipinski definition) is 4. The van der Waals surface area contributed by atoms with Crippen LogP contribution in [0.15, 0.2) is 0 Å². The van der Waals surface area contributed by atoms with Crippen LogP contribution in [0.25, 0.3) is 0 Å². The van der Waals surface area contributed by atoms with Crippen LogP contribution in [-0.2, 0) is 14.3 Å². The number of ether oxygens (including phenoxy) is 2. The average Bonchev–Trinajstić information content (AvgIpc) is 3.01. The highest BCUT2D eigenvalue weighted by Crippen LogP contribution is 2.78. The van der Waals surface area contributed by atoms with E-state index in [0.29, 0.717) is 11.8 Å². The van der Waals surface area contributed by atoms with E-state index in [4.69, 9.17) is 9.47 Å². The summed E-state index contributed by atoms with van der Waals surface area (Å²) in [4.78, 5) is 24.8. The number of alkyl carbamates (subject to hydrolysis) is 1. The van der Waals surface area contributed by atoms with Gasteiger partial charge in [0, 0.05) is 18.4 Å². The second kappa shape index (κ2) is 4.90. The molecule has 6 unspecified atom stereocenters. The molecule has 0 aromatic carbocycles. The van der Waals surface area contributed by atoms with Gasteiger partial charge < -0.3 is 19.9 Å². The molecule has 2 N–H and O–H groups in total. The molecule has 1 amide bonds. The number of rotatable bonds is 3. The van der Waals surface area contributed by atoms with Crippen LogP contribution in [0.4, 0.5) is 4.79 Å². The van der Waals surface area contributed by atoms with E-state index in [9.17, 15) is 14.7 Å². The van der Waals surface area contributed by atoms with Crippen molar-refractivity contribution in [2.45, 2.75) is 76.0 Å². The zero-order valence-corrected chi connectivity index (χ0v) is 15.6. The van der Waals surface area contributed by atoms with Gasteiger partial charge in [-0.15, -0.1) is 0 Å². The van der Waals surface area contributed by atoms with Crippen molar-refractivity contribution in [3.63, 3.8) is 0 Å². The zero-order chi connectivity index (χ0) is 18.3. The van der Waals surface area contributed by atoms with E-state index in [2.05, 4.69) is 5.32 Å². The Morgan fingerprint density at radius 1 is 1.12 bits per heavy atom. The number of aliphatic carboxylic acids is 1. The maximum atomic E-state index is 12.4. The Morgan fingerprint density at radius 2 is 1.80 bits per heavy atom. The largest absolute Gasteiger partial charge is 0.479 e. The summed E-state index contributed by atoms with van der Waals surface area (Å²) < 4.78 is 11.3. The van der Waals surface area contributed by atoms with Crippen LogP contribution in [0.2, 0.25) is 0 Å². The van der Waals surface area contributed by atoms with Crippen molar-refractivity contribution in [1.82, 2.24) is 5.32 Å². The lowest BCUT2D eigenvalue weighted by Crippen LogP contribution is -2.55. The molecule has 5 aliphatic rings.